The molecular formula is C8H20N2PSe2. The van der Waals surface area contributed by atoms with E-state index in [9.17, 15) is 0 Å². The topological polar surface area (TPSA) is 24.1 Å². The number of rotatable bonds is 6. The fourth-order valence-corrected chi connectivity index (χ4v) is 3.86. The summed E-state index contributed by atoms with van der Waals surface area (Å²) in [6.07, 6.45) is 0. The molecule has 0 rings (SSSR count). The van der Waals surface area contributed by atoms with Crippen molar-refractivity contribution >= 4 is 35.2 Å². The monoisotopic (exact) mass is 335 g/mol. The van der Waals surface area contributed by atoms with E-state index in [2.05, 4.69) is 68.5 Å². The van der Waals surface area contributed by atoms with E-state index < -0.39 is 4.50 Å². The van der Waals surface area contributed by atoms with Crippen LogP contribution in [-0.4, -0.2) is 43.8 Å². The summed E-state index contributed by atoms with van der Waals surface area (Å²) < 4.78 is -1.30. The molecule has 2 nitrogen and oxygen atoms in total. The summed E-state index contributed by atoms with van der Waals surface area (Å²) in [7, 11) is 0. The fraction of sp³-hybridized carbons (Fsp3) is 1.00. The molecule has 0 aromatic carbocycles. The Hall–Kier alpha value is 1.39. The zero-order valence-corrected chi connectivity index (χ0v) is 13.2. The predicted octanol–water partition coefficient (Wildman–Crippen LogP) is 1.49. The Morgan fingerprint density at radius 3 is 1.54 bits per heavy atom. The summed E-state index contributed by atoms with van der Waals surface area (Å²) in [5.41, 5.74) is 0. The van der Waals surface area contributed by atoms with Crippen molar-refractivity contribution in [1.29, 1.82) is 0 Å². The molecule has 0 aliphatic carbocycles. The van der Waals surface area contributed by atoms with Crippen LogP contribution in [0, 0.1) is 11.8 Å². The van der Waals surface area contributed by atoms with Crippen molar-refractivity contribution in [2.45, 2.75) is 27.7 Å². The second-order valence-corrected chi connectivity index (χ2v) is 16.2. The Morgan fingerprint density at radius 2 is 1.31 bits per heavy atom. The van der Waals surface area contributed by atoms with E-state index in [0.29, 0.717) is 11.8 Å². The Labute approximate surface area is 97.8 Å². The summed E-state index contributed by atoms with van der Waals surface area (Å²) in [5, 5.41) is 7.01. The van der Waals surface area contributed by atoms with Crippen molar-refractivity contribution in [3.05, 3.63) is 0 Å². The van der Waals surface area contributed by atoms with Crippen LogP contribution in [0.25, 0.3) is 0 Å². The molecule has 0 amide bonds. The molecule has 0 saturated carbocycles. The molecule has 0 fully saturated rings. The van der Waals surface area contributed by atoms with Gasteiger partial charge >= 0.3 is 98.0 Å². The molecule has 0 saturated heterocycles. The first-order valence-electron chi connectivity index (χ1n) is 4.65. The average molecular weight is 333 g/mol. The van der Waals surface area contributed by atoms with Crippen molar-refractivity contribution in [1.82, 2.24) is 10.2 Å². The molecule has 0 heterocycles. The Balaban J connectivity index is 3.74. The van der Waals surface area contributed by atoms with Crippen LogP contribution in [0.3, 0.4) is 0 Å². The summed E-state index contributed by atoms with van der Waals surface area (Å²) >= 11 is 6.40. The number of hydrogen-bond acceptors (Lipinski definition) is 2. The van der Waals surface area contributed by atoms with Gasteiger partial charge in [0.25, 0.3) is 0 Å². The molecule has 0 aromatic rings. The predicted molar refractivity (Wildman–Crippen MR) is 64.1 cm³/mol. The quantitative estimate of drug-likeness (QED) is 0.569. The van der Waals surface area contributed by atoms with Crippen molar-refractivity contribution in [3.63, 3.8) is 0 Å². The third-order valence-corrected chi connectivity index (χ3v) is 5.86. The van der Waals surface area contributed by atoms with Gasteiger partial charge in [-0.25, -0.2) is 0 Å². The molecule has 0 unspecified atom stereocenters. The number of hydrogen-bond donors (Lipinski definition) is 2. The normalized spacial score (nSPS) is 12.8. The van der Waals surface area contributed by atoms with Gasteiger partial charge in [0.15, 0.2) is 0 Å². The van der Waals surface area contributed by atoms with Crippen LogP contribution in [0.15, 0.2) is 0 Å². The van der Waals surface area contributed by atoms with Gasteiger partial charge in [-0.3, -0.25) is 0 Å². The third-order valence-electron chi connectivity index (χ3n) is 1.42. The molecule has 13 heavy (non-hydrogen) atoms. The van der Waals surface area contributed by atoms with Crippen LogP contribution >= 0.6 is 4.50 Å². The van der Waals surface area contributed by atoms with Gasteiger partial charge in [0.1, 0.15) is 0 Å². The molecule has 0 aliphatic heterocycles. The van der Waals surface area contributed by atoms with Gasteiger partial charge in [-0.2, -0.15) is 0 Å². The van der Waals surface area contributed by atoms with Crippen LogP contribution in [0.2, 0.25) is 0 Å². The van der Waals surface area contributed by atoms with E-state index in [1.165, 1.54) is 0 Å². The zero-order valence-electron chi connectivity index (χ0n) is 8.83. The van der Waals surface area contributed by atoms with Gasteiger partial charge < -0.3 is 0 Å². The van der Waals surface area contributed by atoms with Crippen LogP contribution in [0.1, 0.15) is 27.7 Å². The van der Waals surface area contributed by atoms with E-state index in [0.717, 1.165) is 13.1 Å². The minimum absolute atomic E-state index is 0.696. The van der Waals surface area contributed by atoms with E-state index in [4.69, 9.17) is 0 Å². The van der Waals surface area contributed by atoms with Gasteiger partial charge in [-0.1, -0.05) is 0 Å². The second-order valence-electron chi connectivity index (χ2n) is 4.06. The number of nitrogens with one attached hydrogen (secondary N) is 2. The summed E-state index contributed by atoms with van der Waals surface area (Å²) in [6.45, 7) is 11.0. The van der Waals surface area contributed by atoms with Crippen LogP contribution in [-0.2, 0) is 0 Å². The standard InChI is InChI=1S/C8H20N2PSe2/c1-7(2)5-9-11(12,13)10-6-8(3)4/h7-8H,5-6H2,1-4H3,(H2,9,10,12). The van der Waals surface area contributed by atoms with Gasteiger partial charge in [0.2, 0.25) is 0 Å². The van der Waals surface area contributed by atoms with E-state index >= 15 is 0 Å². The molecular weight excluding hydrogens is 313 g/mol. The van der Waals surface area contributed by atoms with Crippen molar-refractivity contribution in [2.24, 2.45) is 11.8 Å². The molecule has 1 radical (unpaired) electrons. The van der Waals surface area contributed by atoms with E-state index in [1.807, 2.05) is 0 Å². The van der Waals surface area contributed by atoms with Gasteiger partial charge in [0.05, 0.1) is 0 Å². The average Bonchev–Trinajstić information content (AvgIpc) is 1.98. The summed E-state index contributed by atoms with van der Waals surface area (Å²) in [5.74, 6) is 1.39. The first-order chi connectivity index (χ1) is 5.83. The third kappa shape index (κ3) is 9.69. The van der Waals surface area contributed by atoms with Crippen molar-refractivity contribution < 1.29 is 0 Å². The minimum atomic E-state index is -1.30. The maximum absolute atomic E-state index is 3.50. The summed E-state index contributed by atoms with van der Waals surface area (Å²) in [4.78, 5) is 0. The van der Waals surface area contributed by atoms with Gasteiger partial charge in [0, 0.05) is 0 Å². The first kappa shape index (κ1) is 14.4. The molecule has 0 bridgehead atoms. The molecule has 79 valence electrons. The Bertz CT molecular complexity index is 167. The van der Waals surface area contributed by atoms with E-state index in [-0.39, 0.29) is 0 Å². The van der Waals surface area contributed by atoms with Crippen LogP contribution in [0.4, 0.5) is 0 Å². The van der Waals surface area contributed by atoms with Crippen molar-refractivity contribution in [2.75, 3.05) is 13.1 Å². The van der Waals surface area contributed by atoms with E-state index in [1.54, 1.807) is 0 Å². The molecule has 0 atom stereocenters. The molecule has 0 aromatic heterocycles. The van der Waals surface area contributed by atoms with Crippen LogP contribution < -0.4 is 10.2 Å². The Morgan fingerprint density at radius 1 is 1.00 bits per heavy atom. The van der Waals surface area contributed by atoms with Gasteiger partial charge in [-0.15, -0.1) is 0 Å². The molecule has 2 N–H and O–H groups in total. The fourth-order valence-electron chi connectivity index (χ4n) is 0.661. The van der Waals surface area contributed by atoms with Crippen LogP contribution in [0.5, 0.6) is 0 Å². The second kappa shape index (κ2) is 6.80. The summed E-state index contributed by atoms with van der Waals surface area (Å²) in [6, 6.07) is 0. The molecule has 0 aliphatic rings. The van der Waals surface area contributed by atoms with Crippen molar-refractivity contribution in [3.8, 4) is 0 Å². The molecule has 5 heteroatoms. The van der Waals surface area contributed by atoms with Gasteiger partial charge in [-0.05, 0) is 0 Å². The zero-order chi connectivity index (χ0) is 10.5. The Kier molecular flexibility index (Phi) is 7.52. The maximum atomic E-state index is 3.50. The SMILES string of the molecule is CC(C)CNP([Se])(=[Se])NCC(C)C. The first-order valence-corrected chi connectivity index (χ1v) is 10.9. The molecule has 0 spiro atoms.